The average Bonchev–Trinajstić information content (AvgIpc) is 3.19. The highest BCUT2D eigenvalue weighted by Crippen LogP contribution is 2.14. The minimum atomic E-state index is -0.483. The van der Waals surface area contributed by atoms with Crippen LogP contribution in [0, 0.1) is 10.1 Å². The van der Waals surface area contributed by atoms with Crippen LogP contribution >= 0.6 is 11.6 Å². The number of aromatic nitrogens is 4. The maximum absolute atomic E-state index is 12.8. The van der Waals surface area contributed by atoms with Gasteiger partial charge in [0.1, 0.15) is 11.7 Å². The van der Waals surface area contributed by atoms with Crippen LogP contribution in [0.15, 0.2) is 65.8 Å². The Labute approximate surface area is 186 Å². The molecule has 32 heavy (non-hydrogen) atoms. The third kappa shape index (κ3) is 4.49. The number of carbonyl (C=O) groups excluding carboxylic acids is 1. The van der Waals surface area contributed by atoms with Crippen molar-refractivity contribution in [3.63, 3.8) is 0 Å². The normalized spacial score (nSPS) is 10.9. The Morgan fingerprint density at radius 1 is 1.19 bits per heavy atom. The van der Waals surface area contributed by atoms with E-state index in [2.05, 4.69) is 15.4 Å². The first-order chi connectivity index (χ1) is 15.4. The van der Waals surface area contributed by atoms with Crippen LogP contribution in [0.2, 0.25) is 5.02 Å². The summed E-state index contributed by atoms with van der Waals surface area (Å²) in [7, 11) is 0. The minimum absolute atomic E-state index is 0.0442. The number of nitro groups is 1. The fourth-order valence-corrected chi connectivity index (χ4v) is 3.44. The fourth-order valence-electron chi connectivity index (χ4n) is 3.25. The predicted octanol–water partition coefficient (Wildman–Crippen LogP) is 2.63. The molecule has 11 heteroatoms. The topological polar surface area (TPSA) is 125 Å². The molecule has 10 nitrogen and oxygen atoms in total. The van der Waals surface area contributed by atoms with E-state index in [0.717, 1.165) is 0 Å². The maximum atomic E-state index is 12.8. The average molecular weight is 453 g/mol. The smallest absolute Gasteiger partial charge is 0.269 e. The number of non-ortho nitro benzene ring substituents is 1. The van der Waals surface area contributed by atoms with E-state index in [1.54, 1.807) is 36.4 Å². The molecule has 0 fully saturated rings. The van der Waals surface area contributed by atoms with Gasteiger partial charge in [0.15, 0.2) is 5.65 Å². The Bertz CT molecular complexity index is 1380. The summed E-state index contributed by atoms with van der Waals surface area (Å²) in [5.41, 5.74) is 1.10. The van der Waals surface area contributed by atoms with Crippen LogP contribution in [0.4, 0.5) is 5.69 Å². The van der Waals surface area contributed by atoms with Gasteiger partial charge < -0.3 is 5.32 Å². The van der Waals surface area contributed by atoms with Gasteiger partial charge in [-0.15, -0.1) is 0 Å². The molecular formula is C21H17ClN6O4. The molecule has 0 aliphatic carbocycles. The van der Waals surface area contributed by atoms with Crippen molar-refractivity contribution in [1.82, 2.24) is 24.6 Å². The molecule has 162 valence electrons. The lowest BCUT2D eigenvalue weighted by Gasteiger charge is -2.08. The van der Waals surface area contributed by atoms with Gasteiger partial charge in [-0.1, -0.05) is 29.8 Å². The molecule has 4 rings (SSSR count). The Morgan fingerprint density at radius 2 is 2.00 bits per heavy atom. The Balaban J connectivity index is 1.47. The molecule has 0 atom stereocenters. The number of halogens is 1. The Morgan fingerprint density at radius 3 is 2.78 bits per heavy atom. The van der Waals surface area contributed by atoms with E-state index in [0.29, 0.717) is 33.7 Å². The molecule has 0 radical (unpaired) electrons. The molecule has 2 aromatic carbocycles. The summed E-state index contributed by atoms with van der Waals surface area (Å²) in [4.78, 5) is 39.8. The molecule has 0 unspecified atom stereocenters. The van der Waals surface area contributed by atoms with E-state index < -0.39 is 4.92 Å². The number of nitrogens with zero attached hydrogens (tertiary/aromatic N) is 5. The molecule has 0 saturated carbocycles. The first-order valence-corrected chi connectivity index (χ1v) is 9.98. The van der Waals surface area contributed by atoms with Crippen molar-refractivity contribution in [2.24, 2.45) is 0 Å². The molecule has 4 aromatic rings. The van der Waals surface area contributed by atoms with E-state index >= 15 is 0 Å². The molecule has 2 aromatic heterocycles. The lowest BCUT2D eigenvalue weighted by Crippen LogP contribution is -2.27. The first-order valence-electron chi connectivity index (χ1n) is 9.60. The Kier molecular flexibility index (Phi) is 5.95. The van der Waals surface area contributed by atoms with Crippen LogP contribution in [0.5, 0.6) is 0 Å². The molecule has 0 spiro atoms. The standard InChI is InChI=1S/C21H17ClN6O4/c22-16-5-2-4-15(10-16)20(29)23-7-8-27-19-18(11-25-27)21(30)26(13-24-19)12-14-3-1-6-17(9-14)28(31)32/h1-6,9-11,13H,7-8,12H2,(H,23,29). The molecule has 2 heterocycles. The number of nitro benzene ring substituents is 1. The van der Waals surface area contributed by atoms with E-state index in [4.69, 9.17) is 11.6 Å². The molecule has 1 N–H and O–H groups in total. The number of rotatable bonds is 7. The monoisotopic (exact) mass is 452 g/mol. The summed E-state index contributed by atoms with van der Waals surface area (Å²) in [5, 5.41) is 18.7. The van der Waals surface area contributed by atoms with Crippen molar-refractivity contribution in [3.05, 3.63) is 97.7 Å². The molecule has 0 aliphatic heterocycles. The van der Waals surface area contributed by atoms with Crippen LogP contribution in [-0.2, 0) is 13.1 Å². The molecule has 1 amide bonds. The first kappa shape index (κ1) is 21.2. The van der Waals surface area contributed by atoms with Gasteiger partial charge in [0.05, 0.1) is 24.2 Å². The van der Waals surface area contributed by atoms with Crippen molar-refractivity contribution >= 4 is 34.2 Å². The van der Waals surface area contributed by atoms with Gasteiger partial charge in [-0.3, -0.25) is 24.3 Å². The molecular weight excluding hydrogens is 436 g/mol. The van der Waals surface area contributed by atoms with Crippen LogP contribution in [0.3, 0.4) is 0 Å². The van der Waals surface area contributed by atoms with Crippen LogP contribution in [0.1, 0.15) is 15.9 Å². The van der Waals surface area contributed by atoms with Crippen LogP contribution in [-0.4, -0.2) is 36.7 Å². The molecule has 0 bridgehead atoms. The Hall–Kier alpha value is -4.05. The number of amides is 1. The number of nitrogens with one attached hydrogen (secondary N) is 1. The summed E-state index contributed by atoms with van der Waals surface area (Å²) < 4.78 is 2.90. The predicted molar refractivity (Wildman–Crippen MR) is 118 cm³/mol. The lowest BCUT2D eigenvalue weighted by atomic mass is 10.2. The quantitative estimate of drug-likeness (QED) is 0.339. The van der Waals surface area contributed by atoms with Gasteiger partial charge in [0.2, 0.25) is 0 Å². The highest BCUT2D eigenvalue weighted by atomic mass is 35.5. The molecule has 0 aliphatic rings. The summed E-state index contributed by atoms with van der Waals surface area (Å²) in [6, 6.07) is 12.7. The van der Waals surface area contributed by atoms with E-state index in [1.807, 2.05) is 0 Å². The highest BCUT2D eigenvalue weighted by molar-refractivity contribution is 6.30. The van der Waals surface area contributed by atoms with Crippen LogP contribution < -0.4 is 10.9 Å². The third-order valence-electron chi connectivity index (χ3n) is 4.79. The summed E-state index contributed by atoms with van der Waals surface area (Å²) in [5.74, 6) is -0.267. The molecule has 0 saturated heterocycles. The van der Waals surface area contributed by atoms with Gasteiger partial charge in [0.25, 0.3) is 17.2 Å². The number of benzene rings is 2. The van der Waals surface area contributed by atoms with Crippen LogP contribution in [0.25, 0.3) is 11.0 Å². The maximum Gasteiger partial charge on any atom is 0.269 e. The third-order valence-corrected chi connectivity index (χ3v) is 5.03. The van der Waals surface area contributed by atoms with Gasteiger partial charge in [-0.25, -0.2) is 9.67 Å². The largest absolute Gasteiger partial charge is 0.350 e. The number of hydrogen-bond acceptors (Lipinski definition) is 6. The van der Waals surface area contributed by atoms with Gasteiger partial charge in [-0.05, 0) is 23.8 Å². The second-order valence-corrected chi connectivity index (χ2v) is 7.41. The second kappa shape index (κ2) is 8.98. The zero-order valence-corrected chi connectivity index (χ0v) is 17.4. The van der Waals surface area contributed by atoms with Gasteiger partial charge >= 0.3 is 0 Å². The minimum Gasteiger partial charge on any atom is -0.350 e. The van der Waals surface area contributed by atoms with Crippen molar-refractivity contribution in [2.45, 2.75) is 13.1 Å². The number of carbonyl (C=O) groups is 1. The lowest BCUT2D eigenvalue weighted by molar-refractivity contribution is -0.384. The van der Waals surface area contributed by atoms with Crippen molar-refractivity contribution in [1.29, 1.82) is 0 Å². The van der Waals surface area contributed by atoms with Crippen molar-refractivity contribution in [2.75, 3.05) is 6.54 Å². The highest BCUT2D eigenvalue weighted by Gasteiger charge is 2.12. The SMILES string of the molecule is O=C(NCCn1ncc2c(=O)n(Cc3cccc([N+](=O)[O-])c3)cnc21)c1cccc(Cl)c1. The second-order valence-electron chi connectivity index (χ2n) is 6.98. The zero-order valence-electron chi connectivity index (χ0n) is 16.6. The fraction of sp³-hybridized carbons (Fsp3) is 0.143. The number of fused-ring (bicyclic) bond motifs is 1. The summed E-state index contributed by atoms with van der Waals surface area (Å²) in [6.45, 7) is 0.738. The van der Waals surface area contributed by atoms with Crippen molar-refractivity contribution < 1.29 is 9.72 Å². The zero-order chi connectivity index (χ0) is 22.7. The summed E-state index contributed by atoms with van der Waals surface area (Å²) >= 11 is 5.91. The van der Waals surface area contributed by atoms with Gasteiger partial charge in [0, 0.05) is 29.3 Å². The van der Waals surface area contributed by atoms with E-state index in [9.17, 15) is 19.7 Å². The van der Waals surface area contributed by atoms with E-state index in [1.165, 1.54) is 33.9 Å². The number of hydrogen-bond donors (Lipinski definition) is 1. The van der Waals surface area contributed by atoms with Crippen molar-refractivity contribution in [3.8, 4) is 0 Å². The van der Waals surface area contributed by atoms with E-state index in [-0.39, 0.29) is 30.2 Å². The van der Waals surface area contributed by atoms with Gasteiger partial charge in [-0.2, -0.15) is 5.10 Å². The summed E-state index contributed by atoms with van der Waals surface area (Å²) in [6.07, 6.45) is 2.81.